The number of aromatic hydroxyl groups is 2. The lowest BCUT2D eigenvalue weighted by Gasteiger charge is -2.19. The number of allylic oxidation sites excluding steroid dienone is 3. The topological polar surface area (TPSA) is 101 Å². The molecule has 0 aliphatic heterocycles. The lowest BCUT2D eigenvalue weighted by atomic mass is 10.1. The van der Waals surface area contributed by atoms with Crippen LogP contribution in [-0.4, -0.2) is 84.2 Å². The summed E-state index contributed by atoms with van der Waals surface area (Å²) in [6.07, 6.45) is 9.46. The molecule has 0 heterocycles. The second-order valence-corrected chi connectivity index (χ2v) is 7.78. The monoisotopic (exact) mass is 470 g/mol. The summed E-state index contributed by atoms with van der Waals surface area (Å²) in [4.78, 5) is 15.6. The summed E-state index contributed by atoms with van der Waals surface area (Å²) in [5.41, 5.74) is 2.03. The third kappa shape index (κ3) is 9.05. The number of phenolic OH excluding ortho intramolecular Hbond substituents is 2. The number of aliphatic hydroxyl groups is 1. The van der Waals surface area contributed by atoms with E-state index in [1.54, 1.807) is 61.1 Å². The minimum absolute atomic E-state index is 0.204. The first-order chi connectivity index (χ1) is 17.1. The van der Waals surface area contributed by atoms with Gasteiger partial charge in [-0.05, 0) is 30.3 Å². The van der Waals surface area contributed by atoms with Crippen LogP contribution >= 0.6 is 0 Å². The van der Waals surface area contributed by atoms with E-state index in [1.165, 1.54) is 0 Å². The first-order valence-corrected chi connectivity index (χ1v) is 11.5. The standard InChI is InChI=1S/C28H30N4O3/c33-26-11-3-1-2-8-23(26)20-29-14-17-32(18-15-30-21-24-9-4-6-12-27(24)34)19-16-31-22-25-10-5-7-13-28(25)35/h1-2,4-10,12-13,20-22,26,33-35H,14-19H2. The molecule has 1 unspecified atom stereocenters. The maximum Gasteiger partial charge on any atom is 0.142 e. The Hall–Kier alpha value is -3.99. The summed E-state index contributed by atoms with van der Waals surface area (Å²) in [6, 6.07) is 14.2. The van der Waals surface area contributed by atoms with Crippen LogP contribution in [-0.2, 0) is 0 Å². The van der Waals surface area contributed by atoms with Crippen molar-refractivity contribution in [2.45, 2.75) is 6.10 Å². The molecule has 2 aromatic carbocycles. The summed E-state index contributed by atoms with van der Waals surface area (Å²) < 4.78 is 0. The molecule has 0 fully saturated rings. The van der Waals surface area contributed by atoms with Gasteiger partial charge in [-0.15, -0.1) is 0 Å². The number of benzene rings is 2. The predicted octanol–water partition coefficient (Wildman–Crippen LogP) is 2.87. The highest BCUT2D eigenvalue weighted by atomic mass is 16.3. The predicted molar refractivity (Wildman–Crippen MR) is 142 cm³/mol. The van der Waals surface area contributed by atoms with Crippen LogP contribution in [0.25, 0.3) is 0 Å². The van der Waals surface area contributed by atoms with Gasteiger partial charge in [0.25, 0.3) is 0 Å². The summed E-state index contributed by atoms with van der Waals surface area (Å²) in [5, 5.41) is 29.8. The van der Waals surface area contributed by atoms with E-state index in [4.69, 9.17) is 0 Å². The Morgan fingerprint density at radius 3 is 1.83 bits per heavy atom. The first kappa shape index (κ1) is 25.6. The van der Waals surface area contributed by atoms with Crippen LogP contribution < -0.4 is 0 Å². The van der Waals surface area contributed by atoms with Gasteiger partial charge in [0.15, 0.2) is 0 Å². The lowest BCUT2D eigenvalue weighted by Crippen LogP contribution is -2.31. The molecule has 7 nitrogen and oxygen atoms in total. The summed E-state index contributed by atoms with van der Waals surface area (Å²) >= 11 is 0. The minimum Gasteiger partial charge on any atom is -0.507 e. The van der Waals surface area contributed by atoms with E-state index in [9.17, 15) is 15.3 Å². The molecule has 0 saturated carbocycles. The second-order valence-electron chi connectivity index (χ2n) is 7.78. The largest absolute Gasteiger partial charge is 0.507 e. The number of phenols is 2. The van der Waals surface area contributed by atoms with Crippen LogP contribution in [0.15, 0.2) is 87.3 Å². The van der Waals surface area contributed by atoms with Crippen LogP contribution in [0.1, 0.15) is 11.1 Å². The van der Waals surface area contributed by atoms with Crippen molar-refractivity contribution < 1.29 is 15.3 Å². The van der Waals surface area contributed by atoms with Crippen molar-refractivity contribution in [3.05, 3.63) is 83.5 Å². The highest BCUT2D eigenvalue weighted by Gasteiger charge is 2.06. The molecule has 1 atom stereocenters. The van der Waals surface area contributed by atoms with E-state index < -0.39 is 6.10 Å². The molecular formula is C28H30N4O3. The van der Waals surface area contributed by atoms with Gasteiger partial charge in [0, 0.05) is 55.0 Å². The van der Waals surface area contributed by atoms with Gasteiger partial charge in [0.05, 0.1) is 19.6 Å². The van der Waals surface area contributed by atoms with E-state index in [1.807, 2.05) is 24.3 Å². The average molecular weight is 471 g/mol. The van der Waals surface area contributed by atoms with Crippen molar-refractivity contribution in [2.75, 3.05) is 39.3 Å². The van der Waals surface area contributed by atoms with E-state index in [0.29, 0.717) is 56.0 Å². The number of hydrogen-bond donors (Lipinski definition) is 3. The van der Waals surface area contributed by atoms with Crippen molar-refractivity contribution in [2.24, 2.45) is 15.0 Å². The number of nitrogens with zero attached hydrogens (tertiary/aromatic N) is 4. The summed E-state index contributed by atoms with van der Waals surface area (Å²) in [6.45, 7) is 3.76. The molecule has 1 aliphatic carbocycles. The van der Waals surface area contributed by atoms with Gasteiger partial charge >= 0.3 is 0 Å². The van der Waals surface area contributed by atoms with Crippen LogP contribution in [0.2, 0.25) is 0 Å². The zero-order valence-corrected chi connectivity index (χ0v) is 19.5. The third-order valence-electron chi connectivity index (χ3n) is 5.21. The highest BCUT2D eigenvalue weighted by Crippen LogP contribution is 2.13. The number of aliphatic hydroxyl groups excluding tert-OH is 1. The van der Waals surface area contributed by atoms with Crippen LogP contribution in [0.4, 0.5) is 0 Å². The van der Waals surface area contributed by atoms with Crippen LogP contribution in [0, 0.1) is 11.8 Å². The Balaban J connectivity index is 1.54. The Morgan fingerprint density at radius 1 is 0.771 bits per heavy atom. The van der Waals surface area contributed by atoms with E-state index in [-0.39, 0.29) is 11.5 Å². The normalized spacial score (nSPS) is 15.6. The summed E-state index contributed by atoms with van der Waals surface area (Å²) in [5.74, 6) is 5.90. The fraction of sp³-hybridized carbons (Fsp3) is 0.250. The third-order valence-corrected chi connectivity index (χ3v) is 5.21. The quantitative estimate of drug-likeness (QED) is 0.328. The van der Waals surface area contributed by atoms with Gasteiger partial charge in [-0.25, -0.2) is 0 Å². The number of hydrogen-bond acceptors (Lipinski definition) is 7. The Labute approximate surface area is 206 Å². The molecule has 35 heavy (non-hydrogen) atoms. The van der Waals surface area contributed by atoms with Gasteiger partial charge in [-0.2, -0.15) is 0 Å². The van der Waals surface area contributed by atoms with E-state index >= 15 is 0 Å². The molecule has 0 amide bonds. The van der Waals surface area contributed by atoms with Gasteiger partial charge in [0.2, 0.25) is 0 Å². The van der Waals surface area contributed by atoms with Gasteiger partial charge < -0.3 is 15.3 Å². The van der Waals surface area contributed by atoms with Crippen molar-refractivity contribution in [1.29, 1.82) is 0 Å². The highest BCUT2D eigenvalue weighted by molar-refractivity contribution is 5.84. The van der Waals surface area contributed by atoms with E-state index in [2.05, 4.69) is 31.7 Å². The molecule has 180 valence electrons. The second kappa shape index (κ2) is 14.3. The maximum absolute atomic E-state index is 10.0. The van der Waals surface area contributed by atoms with Crippen molar-refractivity contribution in [1.82, 2.24) is 4.90 Å². The van der Waals surface area contributed by atoms with Crippen molar-refractivity contribution >= 4 is 18.6 Å². The lowest BCUT2D eigenvalue weighted by molar-refractivity contribution is 0.275. The molecule has 0 aromatic heterocycles. The van der Waals surface area contributed by atoms with E-state index in [0.717, 1.165) is 0 Å². The van der Waals surface area contributed by atoms with Gasteiger partial charge in [-0.3, -0.25) is 19.9 Å². The van der Waals surface area contributed by atoms with Gasteiger partial charge in [-0.1, -0.05) is 48.3 Å². The average Bonchev–Trinajstić information content (AvgIpc) is 3.07. The molecule has 0 radical (unpaired) electrons. The first-order valence-electron chi connectivity index (χ1n) is 11.5. The zero-order valence-electron chi connectivity index (χ0n) is 19.5. The van der Waals surface area contributed by atoms with Crippen molar-refractivity contribution in [3.63, 3.8) is 0 Å². The van der Waals surface area contributed by atoms with Gasteiger partial charge in [0.1, 0.15) is 17.6 Å². The molecule has 0 bridgehead atoms. The fourth-order valence-corrected chi connectivity index (χ4v) is 3.24. The molecule has 0 saturated heterocycles. The van der Waals surface area contributed by atoms with Crippen LogP contribution in [0.3, 0.4) is 0 Å². The Kier molecular flexibility index (Phi) is 10.5. The number of para-hydroxylation sites is 2. The van der Waals surface area contributed by atoms with Crippen LogP contribution in [0.5, 0.6) is 11.5 Å². The molecule has 1 aliphatic rings. The fourth-order valence-electron chi connectivity index (χ4n) is 3.24. The molecule has 0 spiro atoms. The van der Waals surface area contributed by atoms with Crippen molar-refractivity contribution in [3.8, 4) is 23.3 Å². The molecule has 3 rings (SSSR count). The molecule has 7 heteroatoms. The smallest absolute Gasteiger partial charge is 0.142 e. The molecule has 3 N–H and O–H groups in total. The Morgan fingerprint density at radius 2 is 1.29 bits per heavy atom. The zero-order chi connectivity index (χ0) is 24.7. The minimum atomic E-state index is -0.836. The number of rotatable bonds is 12. The molecule has 2 aromatic rings. The molecular weight excluding hydrogens is 440 g/mol. The number of aliphatic imine (C=N–C) groups is 3. The maximum atomic E-state index is 10.0. The summed E-state index contributed by atoms with van der Waals surface area (Å²) in [7, 11) is 0. The Bertz CT molecular complexity index is 1110. The SMILES string of the molecule is Oc1ccccc1C=NCCN(CCN=CC1=CC=CC#CC1O)CCN=Cc1ccccc1O.